The summed E-state index contributed by atoms with van der Waals surface area (Å²) in [5.41, 5.74) is 0. The molecule has 0 aromatic carbocycles. The van der Waals surface area contributed by atoms with E-state index in [1.54, 1.807) is 0 Å². The topological polar surface area (TPSA) is 73.1 Å². The zero-order valence-electron chi connectivity index (χ0n) is 5.66. The second-order valence-corrected chi connectivity index (χ2v) is 3.46. The normalized spacial score (nSPS) is 11.6. The Balaban J connectivity index is 3.39. The number of rotatable bonds is 1. The van der Waals surface area contributed by atoms with E-state index in [-0.39, 0.29) is 0 Å². The van der Waals surface area contributed by atoms with Crippen molar-refractivity contribution >= 4 is 10.0 Å². The van der Waals surface area contributed by atoms with E-state index in [1.165, 1.54) is 0 Å². The van der Waals surface area contributed by atoms with Crippen LogP contribution in [0.2, 0.25) is 0 Å². The minimum atomic E-state index is -4.20. The third kappa shape index (κ3) is 1.74. The van der Waals surface area contributed by atoms with E-state index < -0.39 is 26.7 Å². The van der Waals surface area contributed by atoms with Gasteiger partial charge in [-0.3, -0.25) is 0 Å². The Morgan fingerprint density at radius 3 is 2.42 bits per heavy atom. The van der Waals surface area contributed by atoms with Gasteiger partial charge in [-0.15, -0.1) is 0 Å². The van der Waals surface area contributed by atoms with Crippen LogP contribution in [0.25, 0.3) is 0 Å². The molecule has 66 valence electrons. The Morgan fingerprint density at radius 1 is 1.42 bits per heavy atom. The molecule has 0 saturated carbocycles. The zero-order chi connectivity index (χ0) is 9.35. The molecule has 0 unspecified atom stereocenters. The van der Waals surface area contributed by atoms with Gasteiger partial charge in [-0.1, -0.05) is 0 Å². The van der Waals surface area contributed by atoms with Crippen LogP contribution in [0, 0.1) is 11.6 Å². The molecule has 7 heteroatoms. The molecule has 0 spiro atoms. The van der Waals surface area contributed by atoms with Crippen LogP contribution in [0.4, 0.5) is 8.78 Å². The van der Waals surface area contributed by atoms with Gasteiger partial charge in [-0.05, 0) is 0 Å². The number of primary sulfonamides is 1. The lowest BCUT2D eigenvalue weighted by atomic mass is 10.5. The fourth-order valence-corrected chi connectivity index (χ4v) is 1.14. The van der Waals surface area contributed by atoms with Crippen LogP contribution in [0.3, 0.4) is 0 Å². The van der Waals surface area contributed by atoms with Gasteiger partial charge in [-0.2, -0.15) is 0 Å². The van der Waals surface area contributed by atoms with Gasteiger partial charge in [-0.25, -0.2) is 27.3 Å². The Kier molecular flexibility index (Phi) is 2.07. The van der Waals surface area contributed by atoms with Gasteiger partial charge in [0, 0.05) is 6.07 Å². The number of aromatic nitrogens is 1. The van der Waals surface area contributed by atoms with Crippen LogP contribution in [0.5, 0.6) is 0 Å². The Labute approximate surface area is 67.1 Å². The molecule has 0 aliphatic rings. The van der Waals surface area contributed by atoms with E-state index in [1.807, 2.05) is 0 Å². The standard InChI is InChI=1S/C5H4F2N2O2S/c6-3-1-4(7)5(9-2-3)12(8,10)11/h1-2H,(H2,8,10,11). The van der Waals surface area contributed by atoms with Crippen molar-refractivity contribution in [3.8, 4) is 0 Å². The number of sulfonamides is 1. The first kappa shape index (κ1) is 9.01. The van der Waals surface area contributed by atoms with Gasteiger partial charge in [0.05, 0.1) is 6.20 Å². The highest BCUT2D eigenvalue weighted by Crippen LogP contribution is 2.09. The minimum Gasteiger partial charge on any atom is -0.238 e. The van der Waals surface area contributed by atoms with Gasteiger partial charge in [0.25, 0.3) is 10.0 Å². The lowest BCUT2D eigenvalue weighted by Crippen LogP contribution is -2.16. The highest BCUT2D eigenvalue weighted by molar-refractivity contribution is 7.89. The van der Waals surface area contributed by atoms with Crippen molar-refractivity contribution in [1.29, 1.82) is 0 Å². The van der Waals surface area contributed by atoms with Gasteiger partial charge < -0.3 is 0 Å². The molecule has 1 heterocycles. The number of pyridine rings is 1. The molecule has 0 aliphatic carbocycles. The molecule has 4 nitrogen and oxygen atoms in total. The van der Waals surface area contributed by atoms with E-state index in [2.05, 4.69) is 10.1 Å². The SMILES string of the molecule is NS(=O)(=O)c1ncc(F)cc1F. The maximum atomic E-state index is 12.6. The van der Waals surface area contributed by atoms with E-state index in [9.17, 15) is 17.2 Å². The summed E-state index contributed by atoms with van der Waals surface area (Å²) >= 11 is 0. The summed E-state index contributed by atoms with van der Waals surface area (Å²) < 4.78 is 45.8. The molecule has 1 rings (SSSR count). The molecule has 0 amide bonds. The first-order chi connectivity index (χ1) is 5.41. The molecular formula is C5H4F2N2O2S. The van der Waals surface area contributed by atoms with E-state index in [0.29, 0.717) is 12.3 Å². The van der Waals surface area contributed by atoms with Crippen molar-refractivity contribution in [3.05, 3.63) is 23.9 Å². The predicted octanol–water partition coefficient (Wildman–Crippen LogP) is 0.00720. The summed E-state index contributed by atoms with van der Waals surface area (Å²) in [5.74, 6) is -2.25. The molecule has 0 radical (unpaired) electrons. The number of halogens is 2. The molecule has 0 bridgehead atoms. The molecule has 1 aromatic heterocycles. The van der Waals surface area contributed by atoms with Crippen molar-refractivity contribution in [2.75, 3.05) is 0 Å². The summed E-state index contributed by atoms with van der Waals surface area (Å²) in [7, 11) is -4.20. The van der Waals surface area contributed by atoms with Gasteiger partial charge in [0.1, 0.15) is 5.82 Å². The molecule has 0 aliphatic heterocycles. The van der Waals surface area contributed by atoms with Gasteiger partial charge >= 0.3 is 0 Å². The minimum absolute atomic E-state index is 0.396. The molecule has 1 aromatic rings. The number of hydrogen-bond acceptors (Lipinski definition) is 3. The third-order valence-corrected chi connectivity index (χ3v) is 1.88. The second kappa shape index (κ2) is 2.76. The molecule has 2 N–H and O–H groups in total. The largest absolute Gasteiger partial charge is 0.258 e. The van der Waals surface area contributed by atoms with Crippen molar-refractivity contribution < 1.29 is 17.2 Å². The fourth-order valence-electron chi connectivity index (χ4n) is 0.611. The van der Waals surface area contributed by atoms with Crippen molar-refractivity contribution in [1.82, 2.24) is 4.98 Å². The van der Waals surface area contributed by atoms with Crippen molar-refractivity contribution in [2.45, 2.75) is 5.03 Å². The maximum absolute atomic E-state index is 12.6. The van der Waals surface area contributed by atoms with Crippen LogP contribution < -0.4 is 5.14 Å². The highest BCUT2D eigenvalue weighted by Gasteiger charge is 2.16. The second-order valence-electron chi connectivity index (χ2n) is 1.99. The first-order valence-electron chi connectivity index (χ1n) is 2.75. The van der Waals surface area contributed by atoms with Crippen molar-refractivity contribution in [3.63, 3.8) is 0 Å². The van der Waals surface area contributed by atoms with Crippen molar-refractivity contribution in [2.24, 2.45) is 5.14 Å². The summed E-state index contributed by atoms with van der Waals surface area (Å²) in [6.07, 6.45) is 0.572. The predicted molar refractivity (Wildman–Crippen MR) is 35.5 cm³/mol. The summed E-state index contributed by atoms with van der Waals surface area (Å²) in [5, 5.41) is 3.60. The lowest BCUT2D eigenvalue weighted by molar-refractivity contribution is 0.531. The Hall–Kier alpha value is -1.08. The van der Waals surface area contributed by atoms with Gasteiger partial charge in [0.2, 0.25) is 5.03 Å². The average molecular weight is 194 g/mol. The molecular weight excluding hydrogens is 190 g/mol. The highest BCUT2D eigenvalue weighted by atomic mass is 32.2. The van der Waals surface area contributed by atoms with Crippen LogP contribution in [0.15, 0.2) is 17.3 Å². The average Bonchev–Trinajstić information content (AvgIpc) is 1.83. The number of nitrogens with two attached hydrogens (primary N) is 1. The summed E-state index contributed by atoms with van der Waals surface area (Å²) in [6.45, 7) is 0. The van der Waals surface area contributed by atoms with E-state index >= 15 is 0 Å². The Morgan fingerprint density at radius 2 is 2.00 bits per heavy atom. The fraction of sp³-hybridized carbons (Fsp3) is 0. The lowest BCUT2D eigenvalue weighted by Gasteiger charge is -1.97. The quantitative estimate of drug-likeness (QED) is 0.684. The smallest absolute Gasteiger partial charge is 0.238 e. The molecule has 0 fully saturated rings. The monoisotopic (exact) mass is 194 g/mol. The van der Waals surface area contributed by atoms with E-state index in [0.717, 1.165) is 0 Å². The number of hydrogen-bond donors (Lipinski definition) is 1. The maximum Gasteiger partial charge on any atom is 0.258 e. The van der Waals surface area contributed by atoms with Crippen LogP contribution in [0.1, 0.15) is 0 Å². The van der Waals surface area contributed by atoms with Gasteiger partial charge in [0.15, 0.2) is 5.82 Å². The van der Waals surface area contributed by atoms with Crippen LogP contribution >= 0.6 is 0 Å². The summed E-state index contributed by atoms with van der Waals surface area (Å²) in [6, 6.07) is 0.396. The Bertz CT molecular complexity index is 404. The zero-order valence-corrected chi connectivity index (χ0v) is 6.48. The summed E-state index contributed by atoms with van der Waals surface area (Å²) in [4.78, 5) is 2.99. The molecule has 12 heavy (non-hydrogen) atoms. The van der Waals surface area contributed by atoms with E-state index in [4.69, 9.17) is 0 Å². The third-order valence-electron chi connectivity index (χ3n) is 1.04. The van der Waals surface area contributed by atoms with Crippen LogP contribution in [-0.2, 0) is 10.0 Å². The van der Waals surface area contributed by atoms with Crippen LogP contribution in [-0.4, -0.2) is 13.4 Å². The first-order valence-corrected chi connectivity index (χ1v) is 4.30. The number of nitrogens with zero attached hydrogens (tertiary/aromatic N) is 1. The molecule has 0 atom stereocenters. The molecule has 0 saturated heterocycles.